The molecule has 0 radical (unpaired) electrons. The number of rotatable bonds is 9. The highest BCUT2D eigenvalue weighted by atomic mass is 16.5. The number of carbonyl (C=O) groups is 3. The fourth-order valence-corrected chi connectivity index (χ4v) is 3.14. The minimum atomic E-state index is -1.57. The number of benzene rings is 1. The number of aromatic nitrogens is 4. The molecule has 34 heavy (non-hydrogen) atoms. The molecular weight excluding hydrogens is 448 g/mol. The predicted octanol–water partition coefficient (Wildman–Crippen LogP) is -0.113. The number of anilines is 3. The number of hydrogen-bond donors (Lipinski definition) is 5. The molecular formula is C20H22N8O6. The molecule has 1 aromatic carbocycles. The lowest BCUT2D eigenvalue weighted by Gasteiger charge is -2.22. The van der Waals surface area contributed by atoms with E-state index in [2.05, 4.69) is 25.3 Å². The number of amides is 1. The summed E-state index contributed by atoms with van der Waals surface area (Å²) in [6, 6.07) is 2.91. The van der Waals surface area contributed by atoms with Crippen LogP contribution in [0.5, 0.6) is 5.75 Å². The molecule has 1 atom stereocenters. The molecule has 3 rings (SSSR count). The Hall–Kier alpha value is -4.75. The summed E-state index contributed by atoms with van der Waals surface area (Å²) in [5, 5.41) is 20.2. The van der Waals surface area contributed by atoms with E-state index >= 15 is 0 Å². The SMILES string of the molecule is COc1cc(C(=O)N[C@@H](CC(=O)O)C(=O)O)ccc1N(C)Cc1cnc2nc(N)nc(N)c2n1. The lowest BCUT2D eigenvalue weighted by atomic mass is 10.1. The Kier molecular flexibility index (Phi) is 6.89. The van der Waals surface area contributed by atoms with E-state index in [9.17, 15) is 14.4 Å². The van der Waals surface area contributed by atoms with Crippen LogP contribution in [-0.4, -0.2) is 68.2 Å². The molecule has 1 amide bonds. The lowest BCUT2D eigenvalue weighted by Crippen LogP contribution is -2.42. The molecule has 0 aliphatic rings. The van der Waals surface area contributed by atoms with Crippen LogP contribution in [0.1, 0.15) is 22.5 Å². The van der Waals surface area contributed by atoms with Crippen LogP contribution in [0.4, 0.5) is 17.5 Å². The summed E-state index contributed by atoms with van der Waals surface area (Å²) in [7, 11) is 3.18. The molecule has 178 valence electrons. The zero-order chi connectivity index (χ0) is 25.0. The van der Waals surface area contributed by atoms with Crippen molar-refractivity contribution in [3.63, 3.8) is 0 Å². The number of methoxy groups -OCH3 is 1. The molecule has 0 unspecified atom stereocenters. The molecule has 0 spiro atoms. The highest BCUT2D eigenvalue weighted by Gasteiger charge is 2.24. The number of hydrogen-bond acceptors (Lipinski definition) is 11. The highest BCUT2D eigenvalue weighted by Crippen LogP contribution is 2.29. The van der Waals surface area contributed by atoms with E-state index in [-0.39, 0.29) is 29.5 Å². The van der Waals surface area contributed by atoms with Crippen LogP contribution in [0.25, 0.3) is 11.2 Å². The quantitative estimate of drug-likeness (QED) is 0.276. The summed E-state index contributed by atoms with van der Waals surface area (Å²) in [4.78, 5) is 52.8. The monoisotopic (exact) mass is 470 g/mol. The summed E-state index contributed by atoms with van der Waals surface area (Å²) >= 11 is 0. The highest BCUT2D eigenvalue weighted by molar-refractivity contribution is 5.98. The van der Waals surface area contributed by atoms with E-state index < -0.39 is 30.3 Å². The molecule has 2 heterocycles. The molecule has 14 nitrogen and oxygen atoms in total. The molecule has 14 heteroatoms. The number of carboxylic acid groups (broad SMARTS) is 2. The van der Waals surface area contributed by atoms with E-state index in [1.54, 1.807) is 18.0 Å². The fraction of sp³-hybridized carbons (Fsp3) is 0.250. The van der Waals surface area contributed by atoms with Gasteiger partial charge in [0.05, 0.1) is 37.7 Å². The van der Waals surface area contributed by atoms with E-state index in [0.29, 0.717) is 22.6 Å². The van der Waals surface area contributed by atoms with Gasteiger partial charge in [-0.05, 0) is 18.2 Å². The van der Waals surface area contributed by atoms with Gasteiger partial charge in [-0.25, -0.2) is 14.8 Å². The molecule has 0 aliphatic carbocycles. The second-order valence-electron chi connectivity index (χ2n) is 7.21. The smallest absolute Gasteiger partial charge is 0.326 e. The summed E-state index contributed by atoms with van der Waals surface area (Å²) in [5.41, 5.74) is 13.3. The van der Waals surface area contributed by atoms with Gasteiger partial charge in [-0.3, -0.25) is 9.59 Å². The Labute approximate surface area is 192 Å². The van der Waals surface area contributed by atoms with E-state index in [0.717, 1.165) is 0 Å². The molecule has 2 aromatic heterocycles. The number of fused-ring (bicyclic) bond motifs is 1. The van der Waals surface area contributed by atoms with Crippen molar-refractivity contribution >= 4 is 46.5 Å². The van der Waals surface area contributed by atoms with Crippen molar-refractivity contribution in [2.45, 2.75) is 19.0 Å². The van der Waals surface area contributed by atoms with Crippen LogP contribution >= 0.6 is 0 Å². The first-order valence-electron chi connectivity index (χ1n) is 9.78. The molecule has 0 aliphatic heterocycles. The second-order valence-corrected chi connectivity index (χ2v) is 7.21. The van der Waals surface area contributed by atoms with E-state index in [1.165, 1.54) is 25.4 Å². The second kappa shape index (κ2) is 9.81. The Morgan fingerprint density at radius 3 is 2.56 bits per heavy atom. The number of nitrogens with zero attached hydrogens (tertiary/aromatic N) is 5. The standard InChI is InChI=1S/C20H22N8O6/c1-28(8-10-7-23-17-15(24-10)16(21)26-20(22)27-17)12-4-3-9(5-13(12)34-2)18(31)25-11(19(32)33)6-14(29)30/h3-5,7,11H,6,8H2,1-2H3,(H,25,31)(H,29,30)(H,32,33)(H4,21,22,23,26,27)/t11-/m0/s1. The summed E-state index contributed by atoms with van der Waals surface area (Å²) in [6.45, 7) is 0.286. The third kappa shape index (κ3) is 5.35. The van der Waals surface area contributed by atoms with Gasteiger partial charge < -0.3 is 36.6 Å². The molecule has 0 saturated carbocycles. The van der Waals surface area contributed by atoms with Gasteiger partial charge in [0.15, 0.2) is 17.0 Å². The number of ether oxygens (including phenoxy) is 1. The Bertz CT molecular complexity index is 1270. The van der Waals surface area contributed by atoms with Crippen LogP contribution in [-0.2, 0) is 16.1 Å². The largest absolute Gasteiger partial charge is 0.495 e. The van der Waals surface area contributed by atoms with Gasteiger partial charge in [-0.15, -0.1) is 0 Å². The van der Waals surface area contributed by atoms with Gasteiger partial charge in [0, 0.05) is 12.6 Å². The Morgan fingerprint density at radius 2 is 1.91 bits per heavy atom. The zero-order valence-electron chi connectivity index (χ0n) is 18.2. The van der Waals surface area contributed by atoms with Crippen molar-refractivity contribution < 1.29 is 29.3 Å². The first-order chi connectivity index (χ1) is 16.1. The predicted molar refractivity (Wildman–Crippen MR) is 120 cm³/mol. The van der Waals surface area contributed by atoms with Crippen molar-refractivity contribution in [2.24, 2.45) is 0 Å². The molecule has 0 bridgehead atoms. The summed E-state index contributed by atoms with van der Waals surface area (Å²) in [5.74, 6) is -3.13. The summed E-state index contributed by atoms with van der Waals surface area (Å²) < 4.78 is 5.39. The van der Waals surface area contributed by atoms with E-state index in [1.807, 2.05) is 0 Å². The summed E-state index contributed by atoms with van der Waals surface area (Å²) in [6.07, 6.45) is 0.765. The number of aliphatic carboxylic acids is 2. The Balaban J connectivity index is 1.81. The normalized spacial score (nSPS) is 11.6. The number of carboxylic acids is 2. The number of nitrogens with two attached hydrogens (primary N) is 2. The minimum Gasteiger partial charge on any atom is -0.495 e. The van der Waals surface area contributed by atoms with Crippen molar-refractivity contribution in [3.05, 3.63) is 35.7 Å². The Morgan fingerprint density at radius 1 is 1.18 bits per heavy atom. The topological polar surface area (TPSA) is 220 Å². The average Bonchev–Trinajstić information content (AvgIpc) is 2.78. The number of carbonyl (C=O) groups excluding carboxylic acids is 1. The maximum Gasteiger partial charge on any atom is 0.326 e. The van der Waals surface area contributed by atoms with Crippen LogP contribution in [0.2, 0.25) is 0 Å². The number of nitrogen functional groups attached to an aromatic ring is 2. The average molecular weight is 470 g/mol. The number of nitrogens with one attached hydrogen (secondary N) is 1. The van der Waals surface area contributed by atoms with Crippen LogP contribution in [0.3, 0.4) is 0 Å². The van der Waals surface area contributed by atoms with Crippen LogP contribution < -0.4 is 26.4 Å². The molecule has 0 fully saturated rings. The van der Waals surface area contributed by atoms with Crippen molar-refractivity contribution in [1.29, 1.82) is 0 Å². The lowest BCUT2D eigenvalue weighted by molar-refractivity contribution is -0.145. The third-order valence-electron chi connectivity index (χ3n) is 4.74. The zero-order valence-corrected chi connectivity index (χ0v) is 18.2. The van der Waals surface area contributed by atoms with Gasteiger partial charge in [0.25, 0.3) is 5.91 Å². The van der Waals surface area contributed by atoms with Crippen molar-refractivity contribution in [3.8, 4) is 5.75 Å². The fourth-order valence-electron chi connectivity index (χ4n) is 3.14. The van der Waals surface area contributed by atoms with Crippen LogP contribution in [0.15, 0.2) is 24.4 Å². The minimum absolute atomic E-state index is 0.00401. The van der Waals surface area contributed by atoms with E-state index in [4.69, 9.17) is 26.4 Å². The van der Waals surface area contributed by atoms with Gasteiger partial charge in [0.2, 0.25) is 5.95 Å². The van der Waals surface area contributed by atoms with Gasteiger partial charge in [-0.1, -0.05) is 0 Å². The third-order valence-corrected chi connectivity index (χ3v) is 4.74. The first kappa shape index (κ1) is 23.9. The molecule has 0 saturated heterocycles. The van der Waals surface area contributed by atoms with Gasteiger partial charge in [-0.2, -0.15) is 9.97 Å². The van der Waals surface area contributed by atoms with Crippen molar-refractivity contribution in [2.75, 3.05) is 30.5 Å². The molecule has 3 aromatic rings. The maximum atomic E-state index is 12.5. The van der Waals surface area contributed by atoms with Gasteiger partial charge in [0.1, 0.15) is 11.8 Å². The van der Waals surface area contributed by atoms with Crippen LogP contribution in [0, 0.1) is 0 Å². The van der Waals surface area contributed by atoms with Gasteiger partial charge >= 0.3 is 11.9 Å². The first-order valence-corrected chi connectivity index (χ1v) is 9.78. The maximum absolute atomic E-state index is 12.5. The molecule has 7 N–H and O–H groups in total. The van der Waals surface area contributed by atoms with Crippen molar-refractivity contribution in [1.82, 2.24) is 25.3 Å².